The SMILES string of the molecule is CCN(CC)CC(O)CNCC(C)(C)N(C)C. The fourth-order valence-electron chi connectivity index (χ4n) is 1.55. The van der Waals surface area contributed by atoms with Crippen LogP contribution in [-0.4, -0.2) is 73.4 Å². The van der Waals surface area contributed by atoms with Crippen molar-refractivity contribution >= 4 is 0 Å². The highest BCUT2D eigenvalue weighted by Crippen LogP contribution is 2.07. The molecular weight excluding hydrogens is 214 g/mol. The lowest BCUT2D eigenvalue weighted by molar-refractivity contribution is 0.110. The molecule has 0 aliphatic heterocycles. The third kappa shape index (κ3) is 6.99. The number of hydrogen-bond acceptors (Lipinski definition) is 4. The molecule has 0 heterocycles. The minimum atomic E-state index is -0.284. The third-order valence-corrected chi connectivity index (χ3v) is 3.51. The summed E-state index contributed by atoms with van der Waals surface area (Å²) in [5.74, 6) is 0. The van der Waals surface area contributed by atoms with Crippen molar-refractivity contribution in [3.8, 4) is 0 Å². The molecule has 17 heavy (non-hydrogen) atoms. The van der Waals surface area contributed by atoms with Crippen molar-refractivity contribution in [3.05, 3.63) is 0 Å². The first kappa shape index (κ1) is 16.8. The number of likely N-dealkylation sites (N-methyl/N-ethyl adjacent to an activating group) is 2. The molecule has 0 aromatic carbocycles. The smallest absolute Gasteiger partial charge is 0.0791 e. The van der Waals surface area contributed by atoms with Gasteiger partial charge in [-0.1, -0.05) is 13.8 Å². The van der Waals surface area contributed by atoms with Gasteiger partial charge in [-0.05, 0) is 41.0 Å². The summed E-state index contributed by atoms with van der Waals surface area (Å²) in [6.07, 6.45) is -0.284. The van der Waals surface area contributed by atoms with E-state index in [1.54, 1.807) is 0 Å². The Morgan fingerprint density at radius 1 is 1.18 bits per heavy atom. The predicted molar refractivity (Wildman–Crippen MR) is 74.4 cm³/mol. The lowest BCUT2D eigenvalue weighted by Gasteiger charge is -2.33. The maximum absolute atomic E-state index is 9.90. The number of hydrogen-bond donors (Lipinski definition) is 2. The van der Waals surface area contributed by atoms with E-state index in [-0.39, 0.29) is 11.6 Å². The van der Waals surface area contributed by atoms with E-state index in [0.29, 0.717) is 6.54 Å². The Morgan fingerprint density at radius 3 is 2.12 bits per heavy atom. The van der Waals surface area contributed by atoms with E-state index in [1.165, 1.54) is 0 Å². The van der Waals surface area contributed by atoms with E-state index < -0.39 is 0 Å². The van der Waals surface area contributed by atoms with E-state index >= 15 is 0 Å². The number of rotatable bonds is 9. The molecule has 0 aliphatic carbocycles. The van der Waals surface area contributed by atoms with Crippen molar-refractivity contribution in [2.45, 2.75) is 39.3 Å². The molecule has 2 N–H and O–H groups in total. The van der Waals surface area contributed by atoms with E-state index in [9.17, 15) is 5.11 Å². The minimum Gasteiger partial charge on any atom is -0.390 e. The second-order valence-corrected chi connectivity index (χ2v) is 5.48. The van der Waals surface area contributed by atoms with Crippen molar-refractivity contribution < 1.29 is 5.11 Å². The molecule has 0 aromatic rings. The summed E-state index contributed by atoms with van der Waals surface area (Å²) in [6, 6.07) is 0. The monoisotopic (exact) mass is 245 g/mol. The molecule has 1 unspecified atom stereocenters. The quantitative estimate of drug-likeness (QED) is 0.625. The van der Waals surface area contributed by atoms with Gasteiger partial charge in [-0.25, -0.2) is 0 Å². The molecule has 104 valence electrons. The molecule has 0 amide bonds. The first-order valence-corrected chi connectivity index (χ1v) is 6.62. The molecule has 0 saturated heterocycles. The van der Waals surface area contributed by atoms with E-state index in [2.05, 4.69) is 56.9 Å². The summed E-state index contributed by atoms with van der Waals surface area (Å²) in [5, 5.41) is 13.2. The first-order chi connectivity index (χ1) is 7.83. The molecule has 1 atom stereocenters. The molecule has 0 fully saturated rings. The highest BCUT2D eigenvalue weighted by molar-refractivity contribution is 4.80. The van der Waals surface area contributed by atoms with Crippen LogP contribution in [0.1, 0.15) is 27.7 Å². The van der Waals surface area contributed by atoms with Gasteiger partial charge < -0.3 is 20.2 Å². The van der Waals surface area contributed by atoms with Crippen LogP contribution < -0.4 is 5.32 Å². The molecule has 4 heteroatoms. The van der Waals surface area contributed by atoms with Gasteiger partial charge in [-0.2, -0.15) is 0 Å². The molecule has 0 spiro atoms. The fourth-order valence-corrected chi connectivity index (χ4v) is 1.55. The first-order valence-electron chi connectivity index (χ1n) is 6.62. The van der Waals surface area contributed by atoms with Crippen LogP contribution in [0, 0.1) is 0 Å². The molecule has 0 radical (unpaired) electrons. The van der Waals surface area contributed by atoms with Gasteiger partial charge in [-0.3, -0.25) is 0 Å². The number of nitrogens with one attached hydrogen (secondary N) is 1. The Balaban J connectivity index is 3.81. The van der Waals surface area contributed by atoms with Crippen LogP contribution in [0.3, 0.4) is 0 Å². The second-order valence-electron chi connectivity index (χ2n) is 5.48. The zero-order chi connectivity index (χ0) is 13.5. The molecule has 4 nitrogen and oxygen atoms in total. The highest BCUT2D eigenvalue weighted by atomic mass is 16.3. The fraction of sp³-hybridized carbons (Fsp3) is 1.00. The lowest BCUT2D eigenvalue weighted by Crippen LogP contribution is -2.49. The van der Waals surface area contributed by atoms with Crippen LogP contribution in [0.15, 0.2) is 0 Å². The Hall–Kier alpha value is -0.160. The van der Waals surface area contributed by atoms with Crippen LogP contribution >= 0.6 is 0 Å². The van der Waals surface area contributed by atoms with Crippen LogP contribution in [0.4, 0.5) is 0 Å². The van der Waals surface area contributed by atoms with Gasteiger partial charge >= 0.3 is 0 Å². The largest absolute Gasteiger partial charge is 0.390 e. The highest BCUT2D eigenvalue weighted by Gasteiger charge is 2.20. The molecule has 0 aliphatic rings. The summed E-state index contributed by atoms with van der Waals surface area (Å²) >= 11 is 0. The van der Waals surface area contributed by atoms with E-state index in [1.807, 2.05) is 0 Å². The van der Waals surface area contributed by atoms with Gasteiger partial charge in [0.2, 0.25) is 0 Å². The normalized spacial score (nSPS) is 14.6. The van der Waals surface area contributed by atoms with Gasteiger partial charge in [0.1, 0.15) is 0 Å². The summed E-state index contributed by atoms with van der Waals surface area (Å²) in [6.45, 7) is 12.9. The summed E-state index contributed by atoms with van der Waals surface area (Å²) < 4.78 is 0. The third-order valence-electron chi connectivity index (χ3n) is 3.51. The standard InChI is InChI=1S/C13H31N3O/c1-7-16(8-2)10-12(17)9-14-11-13(3,4)15(5)6/h12,14,17H,7-11H2,1-6H3. The maximum Gasteiger partial charge on any atom is 0.0791 e. The molecule has 0 saturated carbocycles. The van der Waals surface area contributed by atoms with Crippen LogP contribution in [-0.2, 0) is 0 Å². The van der Waals surface area contributed by atoms with Gasteiger partial charge in [0.25, 0.3) is 0 Å². The lowest BCUT2D eigenvalue weighted by atomic mass is 10.0. The zero-order valence-corrected chi connectivity index (χ0v) is 12.5. The predicted octanol–water partition coefficient (Wildman–Crippen LogP) is 0.619. The van der Waals surface area contributed by atoms with E-state index in [0.717, 1.165) is 26.2 Å². The van der Waals surface area contributed by atoms with Gasteiger partial charge in [0, 0.05) is 25.2 Å². The molecule has 0 bridgehead atoms. The van der Waals surface area contributed by atoms with Crippen molar-refractivity contribution in [2.24, 2.45) is 0 Å². The second kappa shape index (κ2) is 8.03. The van der Waals surface area contributed by atoms with E-state index in [4.69, 9.17) is 0 Å². The summed E-state index contributed by atoms with van der Waals surface area (Å²) in [4.78, 5) is 4.43. The number of nitrogens with zero attached hydrogens (tertiary/aromatic N) is 2. The van der Waals surface area contributed by atoms with Crippen molar-refractivity contribution in [1.29, 1.82) is 0 Å². The molecule has 0 aromatic heterocycles. The van der Waals surface area contributed by atoms with Crippen LogP contribution in [0.2, 0.25) is 0 Å². The summed E-state index contributed by atoms with van der Waals surface area (Å²) in [5.41, 5.74) is 0.120. The number of aliphatic hydroxyl groups is 1. The van der Waals surface area contributed by atoms with Crippen molar-refractivity contribution in [1.82, 2.24) is 15.1 Å². The van der Waals surface area contributed by atoms with Crippen LogP contribution in [0.25, 0.3) is 0 Å². The molecule has 0 rings (SSSR count). The van der Waals surface area contributed by atoms with Crippen molar-refractivity contribution in [3.63, 3.8) is 0 Å². The molecular formula is C13H31N3O. The Kier molecular flexibility index (Phi) is 7.96. The van der Waals surface area contributed by atoms with Crippen molar-refractivity contribution in [2.75, 3.05) is 46.8 Å². The Morgan fingerprint density at radius 2 is 1.71 bits per heavy atom. The topological polar surface area (TPSA) is 38.7 Å². The van der Waals surface area contributed by atoms with Gasteiger partial charge in [0.05, 0.1) is 6.10 Å². The summed E-state index contributed by atoms with van der Waals surface area (Å²) in [7, 11) is 4.15. The zero-order valence-electron chi connectivity index (χ0n) is 12.5. The van der Waals surface area contributed by atoms with Gasteiger partial charge in [-0.15, -0.1) is 0 Å². The Bertz CT molecular complexity index is 191. The van der Waals surface area contributed by atoms with Gasteiger partial charge in [0.15, 0.2) is 0 Å². The minimum absolute atomic E-state index is 0.120. The average molecular weight is 245 g/mol. The Labute approximate surface area is 107 Å². The van der Waals surface area contributed by atoms with Crippen LogP contribution in [0.5, 0.6) is 0 Å². The average Bonchev–Trinajstić information content (AvgIpc) is 2.25. The number of aliphatic hydroxyl groups excluding tert-OH is 1. The maximum atomic E-state index is 9.90.